The van der Waals surface area contributed by atoms with Crippen LogP contribution in [0, 0.1) is 0 Å². The van der Waals surface area contributed by atoms with Gasteiger partial charge in [-0.05, 0) is 17.7 Å². The van der Waals surface area contributed by atoms with Crippen LogP contribution in [0.3, 0.4) is 0 Å². The number of anilines is 1. The third kappa shape index (κ3) is 2.93. The van der Waals surface area contributed by atoms with E-state index >= 15 is 0 Å². The number of hydrogen-bond donors (Lipinski definition) is 1. The van der Waals surface area contributed by atoms with Gasteiger partial charge in [0, 0.05) is 37.1 Å². The molecule has 5 heteroatoms. The zero-order valence-corrected chi connectivity index (χ0v) is 14.8. The van der Waals surface area contributed by atoms with Crippen molar-refractivity contribution < 1.29 is 5.11 Å². The molecule has 0 spiro atoms. The Morgan fingerprint density at radius 2 is 1.58 bits per heavy atom. The Kier molecular flexibility index (Phi) is 4.14. The van der Waals surface area contributed by atoms with Crippen LogP contribution in [-0.2, 0) is 6.61 Å². The molecule has 0 saturated heterocycles. The predicted molar refractivity (Wildman–Crippen MR) is 104 cm³/mol. The molecule has 1 N–H and O–H groups in total. The molecule has 0 bridgehead atoms. The van der Waals surface area contributed by atoms with Crippen molar-refractivity contribution in [2.24, 2.45) is 0 Å². The average molecular weight is 344 g/mol. The number of nitrogens with zero attached hydrogens (tertiary/aromatic N) is 4. The summed E-state index contributed by atoms with van der Waals surface area (Å²) in [4.78, 5) is 11.1. The zero-order valence-electron chi connectivity index (χ0n) is 14.8. The molecule has 4 rings (SSSR count). The van der Waals surface area contributed by atoms with Crippen LogP contribution in [0.15, 0.2) is 67.1 Å². The number of aliphatic hydroxyl groups is 1. The zero-order chi connectivity index (χ0) is 18.1. The average Bonchev–Trinajstić information content (AvgIpc) is 3.11. The molecule has 130 valence electrons. The maximum atomic E-state index is 9.20. The van der Waals surface area contributed by atoms with Crippen molar-refractivity contribution in [2.45, 2.75) is 6.61 Å². The van der Waals surface area contributed by atoms with Gasteiger partial charge in [-0.1, -0.05) is 36.4 Å². The molecule has 0 saturated carbocycles. The van der Waals surface area contributed by atoms with Crippen molar-refractivity contribution in [1.82, 2.24) is 14.4 Å². The molecule has 2 aromatic carbocycles. The summed E-state index contributed by atoms with van der Waals surface area (Å²) in [5, 5.41) is 9.20. The van der Waals surface area contributed by atoms with Crippen LogP contribution in [0.4, 0.5) is 5.69 Å². The van der Waals surface area contributed by atoms with Crippen LogP contribution in [0.2, 0.25) is 0 Å². The molecule has 0 aliphatic rings. The van der Waals surface area contributed by atoms with Crippen LogP contribution in [0.25, 0.3) is 28.2 Å². The number of hydrogen-bond acceptors (Lipinski definition) is 4. The molecule has 26 heavy (non-hydrogen) atoms. The van der Waals surface area contributed by atoms with Gasteiger partial charge in [-0.3, -0.25) is 9.38 Å². The molecule has 0 fully saturated rings. The molecule has 0 aliphatic heterocycles. The van der Waals surface area contributed by atoms with Gasteiger partial charge in [0.1, 0.15) is 0 Å². The van der Waals surface area contributed by atoms with Gasteiger partial charge in [-0.15, -0.1) is 0 Å². The van der Waals surface area contributed by atoms with Gasteiger partial charge in [0.2, 0.25) is 0 Å². The number of rotatable bonds is 4. The highest BCUT2D eigenvalue weighted by Crippen LogP contribution is 2.25. The number of benzene rings is 2. The largest absolute Gasteiger partial charge is 0.392 e. The minimum atomic E-state index is 0.0430. The van der Waals surface area contributed by atoms with E-state index < -0.39 is 0 Å². The molecular weight excluding hydrogens is 324 g/mol. The summed E-state index contributed by atoms with van der Waals surface area (Å²) in [6, 6.07) is 16.2. The van der Waals surface area contributed by atoms with Crippen LogP contribution in [0.5, 0.6) is 0 Å². The van der Waals surface area contributed by atoms with E-state index in [1.54, 1.807) is 6.20 Å². The second kappa shape index (κ2) is 6.61. The maximum absolute atomic E-state index is 9.20. The van der Waals surface area contributed by atoms with E-state index in [1.807, 2.05) is 50.8 Å². The first-order valence-electron chi connectivity index (χ1n) is 8.47. The van der Waals surface area contributed by atoms with E-state index in [0.29, 0.717) is 0 Å². The summed E-state index contributed by atoms with van der Waals surface area (Å²) in [7, 11) is 4.06. The SMILES string of the molecule is CN(C)c1ccc(-c2cnc3cnc(-c4ccc(CO)cc4)cn23)cc1. The first-order chi connectivity index (χ1) is 12.7. The van der Waals surface area contributed by atoms with Crippen LogP contribution < -0.4 is 4.90 Å². The first kappa shape index (κ1) is 16.3. The molecule has 2 heterocycles. The Morgan fingerprint density at radius 3 is 2.23 bits per heavy atom. The quantitative estimate of drug-likeness (QED) is 0.614. The molecule has 0 unspecified atom stereocenters. The Bertz CT molecular complexity index is 1030. The molecule has 4 aromatic rings. The normalized spacial score (nSPS) is 11.0. The van der Waals surface area contributed by atoms with Gasteiger partial charge in [0.05, 0.1) is 30.4 Å². The molecule has 0 aliphatic carbocycles. The van der Waals surface area contributed by atoms with Crippen LogP contribution in [0.1, 0.15) is 5.56 Å². The van der Waals surface area contributed by atoms with E-state index in [9.17, 15) is 5.11 Å². The van der Waals surface area contributed by atoms with Crippen molar-refractivity contribution in [3.8, 4) is 22.5 Å². The van der Waals surface area contributed by atoms with Gasteiger partial charge >= 0.3 is 0 Å². The topological polar surface area (TPSA) is 53.7 Å². The van der Waals surface area contributed by atoms with Crippen LogP contribution >= 0.6 is 0 Å². The first-order valence-corrected chi connectivity index (χ1v) is 8.47. The lowest BCUT2D eigenvalue weighted by Gasteiger charge is -2.12. The third-order valence-electron chi connectivity index (χ3n) is 4.51. The number of aromatic nitrogens is 3. The maximum Gasteiger partial charge on any atom is 0.155 e. The third-order valence-corrected chi connectivity index (χ3v) is 4.51. The minimum absolute atomic E-state index is 0.0430. The predicted octanol–water partition coefficient (Wildman–Crippen LogP) is 3.62. The van der Waals surface area contributed by atoms with E-state index in [2.05, 4.69) is 43.5 Å². The minimum Gasteiger partial charge on any atom is -0.392 e. The van der Waals surface area contributed by atoms with E-state index in [0.717, 1.165) is 39.4 Å². The number of imidazole rings is 1. The van der Waals surface area contributed by atoms with Crippen molar-refractivity contribution in [2.75, 3.05) is 19.0 Å². The van der Waals surface area contributed by atoms with Crippen molar-refractivity contribution in [3.63, 3.8) is 0 Å². The summed E-state index contributed by atoms with van der Waals surface area (Å²) in [5.74, 6) is 0. The van der Waals surface area contributed by atoms with E-state index in [4.69, 9.17) is 0 Å². The standard InChI is InChI=1S/C21H20N4O/c1-24(2)18-9-7-17(8-10-18)20-11-23-21-12-22-19(13-25(20)21)16-5-3-15(14-26)4-6-16/h3-13,26H,14H2,1-2H3. The second-order valence-corrected chi connectivity index (χ2v) is 6.44. The molecule has 0 amide bonds. The van der Waals surface area contributed by atoms with Crippen molar-refractivity contribution >= 4 is 11.3 Å². The lowest BCUT2D eigenvalue weighted by Crippen LogP contribution is -2.07. The summed E-state index contributed by atoms with van der Waals surface area (Å²) in [5.41, 5.74) is 6.87. The molecule has 0 radical (unpaired) electrons. The van der Waals surface area contributed by atoms with E-state index in [1.165, 1.54) is 0 Å². The number of aliphatic hydroxyl groups excluding tert-OH is 1. The molecule has 5 nitrogen and oxygen atoms in total. The Balaban J connectivity index is 1.76. The second-order valence-electron chi connectivity index (χ2n) is 6.44. The van der Waals surface area contributed by atoms with Gasteiger partial charge in [0.15, 0.2) is 5.65 Å². The van der Waals surface area contributed by atoms with Crippen molar-refractivity contribution in [3.05, 3.63) is 72.7 Å². The summed E-state index contributed by atoms with van der Waals surface area (Å²) in [6.07, 6.45) is 5.67. The molecule has 0 atom stereocenters. The lowest BCUT2D eigenvalue weighted by atomic mass is 10.1. The fourth-order valence-corrected chi connectivity index (χ4v) is 2.96. The summed E-state index contributed by atoms with van der Waals surface area (Å²) < 4.78 is 2.06. The Labute approximate surface area is 152 Å². The monoisotopic (exact) mass is 344 g/mol. The summed E-state index contributed by atoms with van der Waals surface area (Å²) >= 11 is 0. The highest BCUT2D eigenvalue weighted by molar-refractivity contribution is 5.68. The highest BCUT2D eigenvalue weighted by atomic mass is 16.3. The van der Waals surface area contributed by atoms with E-state index in [-0.39, 0.29) is 6.61 Å². The van der Waals surface area contributed by atoms with Gasteiger partial charge in [-0.2, -0.15) is 0 Å². The smallest absolute Gasteiger partial charge is 0.155 e. The fraction of sp³-hybridized carbons (Fsp3) is 0.143. The Morgan fingerprint density at radius 1 is 0.885 bits per heavy atom. The summed E-state index contributed by atoms with van der Waals surface area (Å²) in [6.45, 7) is 0.0430. The van der Waals surface area contributed by atoms with Gasteiger partial charge < -0.3 is 10.0 Å². The number of fused-ring (bicyclic) bond motifs is 1. The van der Waals surface area contributed by atoms with Crippen LogP contribution in [-0.4, -0.2) is 33.6 Å². The lowest BCUT2D eigenvalue weighted by molar-refractivity contribution is 0.282. The molecule has 2 aromatic heterocycles. The van der Waals surface area contributed by atoms with Gasteiger partial charge in [-0.25, -0.2) is 4.98 Å². The highest BCUT2D eigenvalue weighted by Gasteiger charge is 2.09. The van der Waals surface area contributed by atoms with Gasteiger partial charge in [0.25, 0.3) is 0 Å². The van der Waals surface area contributed by atoms with Crippen molar-refractivity contribution in [1.29, 1.82) is 0 Å². The molecular formula is C21H20N4O. The fourth-order valence-electron chi connectivity index (χ4n) is 2.96. The Hall–Kier alpha value is -3.18.